The van der Waals surface area contributed by atoms with Gasteiger partial charge in [-0.3, -0.25) is 0 Å². The van der Waals surface area contributed by atoms with E-state index in [1.54, 1.807) is 24.3 Å². The van der Waals surface area contributed by atoms with Crippen LogP contribution in [0.25, 0.3) is 106 Å². The van der Waals surface area contributed by atoms with Crippen molar-refractivity contribution in [3.63, 3.8) is 0 Å². The molecule has 0 radical (unpaired) electrons. The Morgan fingerprint density at radius 3 is 1.73 bits per heavy atom. The topological polar surface area (TPSA) is 56.7 Å². The highest BCUT2D eigenvalue weighted by Crippen LogP contribution is 2.43. The van der Waals surface area contributed by atoms with Crippen LogP contribution in [0.1, 0.15) is 6.85 Å². The number of aromatic nitrogens is 4. The second-order valence-electron chi connectivity index (χ2n) is 13.6. The van der Waals surface area contributed by atoms with Crippen LogP contribution in [0.2, 0.25) is 0 Å². The lowest BCUT2D eigenvalue weighted by Crippen LogP contribution is -2.00. The predicted molar refractivity (Wildman–Crippen MR) is 229 cm³/mol. The first-order chi connectivity index (χ1) is 29.8. The van der Waals surface area contributed by atoms with Crippen LogP contribution in [0.5, 0.6) is 0 Å². The van der Waals surface area contributed by atoms with Gasteiger partial charge in [-0.05, 0) is 64.7 Å². The van der Waals surface area contributed by atoms with Crippen molar-refractivity contribution in [2.24, 2.45) is 0 Å². The van der Waals surface area contributed by atoms with Crippen LogP contribution >= 0.6 is 0 Å². The van der Waals surface area contributed by atoms with Crippen molar-refractivity contribution >= 4 is 43.7 Å². The van der Waals surface area contributed by atoms with Gasteiger partial charge in [-0.25, -0.2) is 15.0 Å². The van der Waals surface area contributed by atoms with Gasteiger partial charge in [0.25, 0.3) is 0 Å². The largest absolute Gasteiger partial charge is 0.456 e. The van der Waals surface area contributed by atoms with Gasteiger partial charge in [0.15, 0.2) is 17.5 Å². The molecule has 0 unspecified atom stereocenters. The Morgan fingerprint density at radius 1 is 0.411 bits per heavy atom. The van der Waals surface area contributed by atoms with Gasteiger partial charge < -0.3 is 8.98 Å². The third-order valence-corrected chi connectivity index (χ3v) is 10.4. The maximum atomic E-state index is 8.50. The van der Waals surface area contributed by atoms with Crippen molar-refractivity contribution in [3.8, 4) is 62.1 Å². The first-order valence-corrected chi connectivity index (χ1v) is 18.4. The maximum absolute atomic E-state index is 8.50. The quantitative estimate of drug-likeness (QED) is 0.172. The SMILES string of the molecule is [2H]c1c([2H])c([2H])c(-c2ccc(-c3nc(-c4ccccc4)nc(-c4cccc5oc6cccc(-c7ccc8c(c7)c7ccccc7n8-c7ccccc7)c6c45)n3)cc2)c([2H])c1[2H]. The van der Waals surface area contributed by atoms with E-state index in [-0.39, 0.29) is 29.7 Å². The van der Waals surface area contributed by atoms with Crippen LogP contribution in [-0.4, -0.2) is 19.5 Å². The fraction of sp³-hybridized carbons (Fsp3) is 0. The average molecular weight is 722 g/mol. The van der Waals surface area contributed by atoms with Gasteiger partial charge in [0.1, 0.15) is 11.2 Å². The summed E-state index contributed by atoms with van der Waals surface area (Å²) < 4.78 is 50.3. The normalized spacial score (nSPS) is 12.8. The summed E-state index contributed by atoms with van der Waals surface area (Å²) in [7, 11) is 0. The Balaban J connectivity index is 1.09. The van der Waals surface area contributed by atoms with Crippen LogP contribution in [-0.2, 0) is 0 Å². The van der Waals surface area contributed by atoms with E-state index in [9.17, 15) is 0 Å². The lowest BCUT2D eigenvalue weighted by atomic mass is 9.96. The molecule has 11 rings (SSSR count). The molecule has 262 valence electrons. The minimum absolute atomic E-state index is 0.134. The smallest absolute Gasteiger partial charge is 0.164 e. The Labute approximate surface area is 329 Å². The Bertz CT molecular complexity index is 3500. The van der Waals surface area contributed by atoms with E-state index >= 15 is 0 Å². The molecule has 0 atom stereocenters. The molecule has 0 amide bonds. The number of rotatable bonds is 6. The molecule has 0 aliphatic heterocycles. The molecular weight excluding hydrogens is 685 g/mol. The molecule has 3 aromatic heterocycles. The van der Waals surface area contributed by atoms with Gasteiger partial charge in [0.2, 0.25) is 0 Å². The molecule has 5 nitrogen and oxygen atoms in total. The van der Waals surface area contributed by atoms with Crippen LogP contribution in [0.15, 0.2) is 198 Å². The number of para-hydroxylation sites is 2. The minimum atomic E-state index is -0.428. The van der Waals surface area contributed by atoms with Crippen molar-refractivity contribution in [1.29, 1.82) is 0 Å². The van der Waals surface area contributed by atoms with Crippen molar-refractivity contribution in [2.45, 2.75) is 0 Å². The van der Waals surface area contributed by atoms with Gasteiger partial charge >= 0.3 is 0 Å². The number of hydrogen-bond donors (Lipinski definition) is 0. The molecule has 0 bridgehead atoms. The molecule has 8 aromatic carbocycles. The summed E-state index contributed by atoms with van der Waals surface area (Å²) in [6.45, 7) is 0. The van der Waals surface area contributed by atoms with Crippen molar-refractivity contribution in [1.82, 2.24) is 19.5 Å². The zero-order valence-corrected chi connectivity index (χ0v) is 29.8. The van der Waals surface area contributed by atoms with Crippen molar-refractivity contribution in [2.75, 3.05) is 0 Å². The predicted octanol–water partition coefficient (Wildman–Crippen LogP) is 13.2. The van der Waals surface area contributed by atoms with E-state index < -0.39 is 6.04 Å². The third-order valence-electron chi connectivity index (χ3n) is 10.4. The maximum Gasteiger partial charge on any atom is 0.164 e. The van der Waals surface area contributed by atoms with Gasteiger partial charge in [0.05, 0.1) is 17.9 Å². The fourth-order valence-electron chi connectivity index (χ4n) is 7.81. The molecule has 0 aliphatic rings. The lowest BCUT2D eigenvalue weighted by molar-refractivity contribution is 0.669. The summed E-state index contributed by atoms with van der Waals surface area (Å²) in [6, 6.07) is 52.8. The molecule has 5 heteroatoms. The molecule has 0 aliphatic carbocycles. The fourth-order valence-corrected chi connectivity index (χ4v) is 7.81. The summed E-state index contributed by atoms with van der Waals surface area (Å²) in [4.78, 5) is 15.1. The van der Waals surface area contributed by atoms with E-state index in [0.29, 0.717) is 34.2 Å². The van der Waals surface area contributed by atoms with Gasteiger partial charge in [0, 0.05) is 43.9 Å². The highest BCUT2D eigenvalue weighted by atomic mass is 16.3. The summed E-state index contributed by atoms with van der Waals surface area (Å²) in [5.74, 6) is 1.37. The third kappa shape index (κ3) is 5.29. The van der Waals surface area contributed by atoms with E-state index in [4.69, 9.17) is 26.2 Å². The summed E-state index contributed by atoms with van der Waals surface area (Å²) >= 11 is 0. The number of fused-ring (bicyclic) bond motifs is 6. The standard InChI is InChI=1S/C51H32N4O/c1-4-14-33(15-5-1)34-26-28-36(29-27-34)50-52-49(35-16-6-2-7-17-35)53-51(54-50)41-22-13-25-46-48(41)47-39(21-12-24-45(47)56-46)37-30-31-44-42(32-37)40-20-10-11-23-43(40)55(44)38-18-8-3-9-19-38/h1-32H/i1D,4D,5D,14D,15D. The first-order valence-electron chi connectivity index (χ1n) is 20.9. The zero-order chi connectivity index (χ0) is 41.4. The van der Waals surface area contributed by atoms with Crippen LogP contribution in [0.4, 0.5) is 0 Å². The average Bonchev–Trinajstić information content (AvgIpc) is 3.87. The molecule has 56 heavy (non-hydrogen) atoms. The molecule has 0 spiro atoms. The molecule has 0 N–H and O–H groups in total. The molecule has 0 fully saturated rings. The van der Waals surface area contributed by atoms with Crippen molar-refractivity contribution in [3.05, 3.63) is 194 Å². The van der Waals surface area contributed by atoms with Crippen LogP contribution < -0.4 is 0 Å². The Kier molecular flexibility index (Phi) is 6.29. The van der Waals surface area contributed by atoms with Crippen molar-refractivity contribution < 1.29 is 11.3 Å². The number of furan rings is 1. The summed E-state index contributed by atoms with van der Waals surface area (Å²) in [5.41, 5.74) is 9.76. The second kappa shape index (κ2) is 13.0. The Morgan fingerprint density at radius 2 is 0.982 bits per heavy atom. The summed E-state index contributed by atoms with van der Waals surface area (Å²) in [6.07, 6.45) is 0. The minimum Gasteiger partial charge on any atom is -0.456 e. The lowest BCUT2D eigenvalue weighted by Gasteiger charge is -2.11. The van der Waals surface area contributed by atoms with E-state index in [0.717, 1.165) is 60.7 Å². The highest BCUT2D eigenvalue weighted by Gasteiger charge is 2.21. The molecule has 0 saturated heterocycles. The molecular formula is C51H32N4O. The van der Waals surface area contributed by atoms with Crippen LogP contribution in [0, 0.1) is 0 Å². The number of benzene rings is 8. The molecule has 3 heterocycles. The van der Waals surface area contributed by atoms with Gasteiger partial charge in [-0.15, -0.1) is 0 Å². The van der Waals surface area contributed by atoms with E-state index in [1.807, 2.05) is 66.7 Å². The van der Waals surface area contributed by atoms with Crippen LogP contribution in [0.3, 0.4) is 0 Å². The number of nitrogens with zero attached hydrogens (tertiary/aromatic N) is 4. The highest BCUT2D eigenvalue weighted by molar-refractivity contribution is 6.18. The van der Waals surface area contributed by atoms with E-state index in [2.05, 4.69) is 77.4 Å². The number of hydrogen-bond acceptors (Lipinski definition) is 4. The van der Waals surface area contributed by atoms with E-state index in [1.165, 1.54) is 5.39 Å². The zero-order valence-electron chi connectivity index (χ0n) is 34.8. The monoisotopic (exact) mass is 721 g/mol. The van der Waals surface area contributed by atoms with Gasteiger partial charge in [-0.1, -0.05) is 152 Å². The first kappa shape index (κ1) is 27.0. The van der Waals surface area contributed by atoms with Gasteiger partial charge in [-0.2, -0.15) is 0 Å². The second-order valence-corrected chi connectivity index (χ2v) is 13.6. The molecule has 11 aromatic rings. The Hall–Kier alpha value is -7.63. The molecule has 0 saturated carbocycles. The summed E-state index contributed by atoms with van der Waals surface area (Å²) in [5, 5.41) is 4.15.